The van der Waals surface area contributed by atoms with Crippen LogP contribution >= 0.6 is 0 Å². The van der Waals surface area contributed by atoms with Crippen LogP contribution in [-0.2, 0) is 23.1 Å². The first-order chi connectivity index (χ1) is 13.6. The van der Waals surface area contributed by atoms with E-state index in [0.29, 0.717) is 17.3 Å². The van der Waals surface area contributed by atoms with Gasteiger partial charge < -0.3 is 13.6 Å². The second-order valence-corrected chi connectivity index (χ2v) is 8.22. The summed E-state index contributed by atoms with van der Waals surface area (Å²) in [7, 11) is -2.24. The summed E-state index contributed by atoms with van der Waals surface area (Å²) in [6.45, 7) is 0.183. The fourth-order valence-electron chi connectivity index (χ4n) is 2.99. The average molecular weight is 397 g/mol. The molecule has 0 spiro atoms. The number of methoxy groups -OCH3 is 1. The van der Waals surface area contributed by atoms with Gasteiger partial charge in [-0.25, -0.2) is 8.42 Å². The van der Waals surface area contributed by atoms with Crippen molar-refractivity contribution in [3.63, 3.8) is 0 Å². The van der Waals surface area contributed by atoms with Crippen LogP contribution < -0.4 is 4.74 Å². The largest absolute Gasteiger partial charge is 0.497 e. The molecule has 0 saturated carbocycles. The van der Waals surface area contributed by atoms with Crippen LogP contribution in [0, 0.1) is 0 Å². The molecule has 0 fully saturated rings. The number of fused-ring (bicyclic) bond motifs is 1. The van der Waals surface area contributed by atoms with Gasteiger partial charge in [-0.05, 0) is 48.5 Å². The van der Waals surface area contributed by atoms with Crippen molar-refractivity contribution in [2.45, 2.75) is 18.0 Å². The number of ether oxygens (including phenoxy) is 1. The Bertz CT molecular complexity index is 1130. The quantitative estimate of drug-likeness (QED) is 0.461. The molecule has 0 N–H and O–H groups in total. The van der Waals surface area contributed by atoms with Crippen LogP contribution in [0.2, 0.25) is 0 Å². The maximum atomic E-state index is 13.3. The SMILES string of the molecule is COc1ccc(S(=O)(=O)N(Cc2ccco2)Cc2cc3ccccc3o2)cc1. The highest BCUT2D eigenvalue weighted by Gasteiger charge is 2.27. The fraction of sp³-hybridized carbons (Fsp3) is 0.143. The predicted octanol–water partition coefficient (Wildman–Crippen LogP) is 4.43. The number of nitrogens with zero attached hydrogens (tertiary/aromatic N) is 1. The minimum Gasteiger partial charge on any atom is -0.497 e. The van der Waals surface area contributed by atoms with E-state index < -0.39 is 10.0 Å². The molecule has 0 aliphatic rings. The molecule has 4 rings (SSSR count). The zero-order valence-corrected chi connectivity index (χ0v) is 16.1. The first-order valence-corrected chi connectivity index (χ1v) is 10.1. The Hall–Kier alpha value is -3.03. The summed E-state index contributed by atoms with van der Waals surface area (Å²) < 4.78 is 44.2. The van der Waals surface area contributed by atoms with Gasteiger partial charge in [0.1, 0.15) is 22.9 Å². The summed E-state index contributed by atoms with van der Waals surface area (Å²) in [6.07, 6.45) is 1.52. The smallest absolute Gasteiger partial charge is 0.243 e. The normalized spacial score (nSPS) is 11.9. The lowest BCUT2D eigenvalue weighted by molar-refractivity contribution is 0.335. The number of hydrogen-bond acceptors (Lipinski definition) is 5. The summed E-state index contributed by atoms with van der Waals surface area (Å²) in [5.74, 6) is 1.70. The summed E-state index contributed by atoms with van der Waals surface area (Å²) in [5, 5.41) is 0.928. The van der Waals surface area contributed by atoms with Crippen LogP contribution in [0.4, 0.5) is 0 Å². The minimum absolute atomic E-state index is 0.0870. The molecule has 0 atom stereocenters. The molecule has 28 heavy (non-hydrogen) atoms. The molecule has 0 aliphatic carbocycles. The van der Waals surface area contributed by atoms with Crippen molar-refractivity contribution < 1.29 is 22.0 Å². The lowest BCUT2D eigenvalue weighted by Crippen LogP contribution is -2.30. The van der Waals surface area contributed by atoms with E-state index >= 15 is 0 Å². The van der Waals surface area contributed by atoms with Crippen LogP contribution in [0.15, 0.2) is 86.7 Å². The van der Waals surface area contributed by atoms with E-state index in [2.05, 4.69) is 0 Å². The Balaban J connectivity index is 1.69. The monoisotopic (exact) mass is 397 g/mol. The number of rotatable bonds is 7. The van der Waals surface area contributed by atoms with Gasteiger partial charge in [-0.2, -0.15) is 4.31 Å². The molecule has 0 unspecified atom stereocenters. The van der Waals surface area contributed by atoms with Crippen molar-refractivity contribution in [1.29, 1.82) is 0 Å². The Labute approximate surface area is 163 Å². The van der Waals surface area contributed by atoms with Gasteiger partial charge in [0, 0.05) is 5.39 Å². The highest BCUT2D eigenvalue weighted by molar-refractivity contribution is 7.89. The molecule has 7 heteroatoms. The van der Waals surface area contributed by atoms with Gasteiger partial charge in [-0.3, -0.25) is 0 Å². The summed E-state index contributed by atoms with van der Waals surface area (Å²) in [5.41, 5.74) is 0.720. The molecule has 0 radical (unpaired) electrons. The van der Waals surface area contributed by atoms with Crippen molar-refractivity contribution in [1.82, 2.24) is 4.31 Å². The maximum Gasteiger partial charge on any atom is 0.243 e. The summed E-state index contributed by atoms with van der Waals surface area (Å²) >= 11 is 0. The van der Waals surface area contributed by atoms with E-state index in [9.17, 15) is 8.42 Å². The number of hydrogen-bond donors (Lipinski definition) is 0. The lowest BCUT2D eigenvalue weighted by Gasteiger charge is -2.20. The van der Waals surface area contributed by atoms with Gasteiger partial charge in [0.2, 0.25) is 10.0 Å². The van der Waals surface area contributed by atoms with Crippen LogP contribution in [0.1, 0.15) is 11.5 Å². The Morgan fingerprint density at radius 3 is 2.36 bits per heavy atom. The van der Waals surface area contributed by atoms with E-state index in [1.165, 1.54) is 29.8 Å². The Kier molecular flexibility index (Phi) is 4.93. The molecule has 2 heterocycles. The van der Waals surface area contributed by atoms with E-state index in [-0.39, 0.29) is 18.0 Å². The second kappa shape index (κ2) is 7.53. The number of sulfonamides is 1. The standard InChI is InChI=1S/C21H19NO5S/c1-25-17-8-10-20(11-9-17)28(23,24)22(14-18-6-4-12-26-18)15-19-13-16-5-2-3-7-21(16)27-19/h2-13H,14-15H2,1H3. The van der Waals surface area contributed by atoms with Crippen molar-refractivity contribution in [2.24, 2.45) is 0 Å². The third-order valence-electron chi connectivity index (χ3n) is 4.42. The molecule has 0 saturated heterocycles. The summed E-state index contributed by atoms with van der Waals surface area (Å²) in [4.78, 5) is 0.177. The molecule has 6 nitrogen and oxygen atoms in total. The highest BCUT2D eigenvalue weighted by Crippen LogP contribution is 2.26. The molecule has 4 aromatic rings. The van der Waals surface area contributed by atoms with Crippen molar-refractivity contribution in [3.8, 4) is 5.75 Å². The van der Waals surface area contributed by atoms with E-state index in [1.54, 1.807) is 24.3 Å². The van der Waals surface area contributed by atoms with E-state index in [1.807, 2.05) is 30.3 Å². The fourth-order valence-corrected chi connectivity index (χ4v) is 4.36. The van der Waals surface area contributed by atoms with Crippen LogP contribution in [0.5, 0.6) is 5.75 Å². The van der Waals surface area contributed by atoms with Crippen molar-refractivity contribution >= 4 is 21.0 Å². The van der Waals surface area contributed by atoms with Gasteiger partial charge >= 0.3 is 0 Å². The highest BCUT2D eigenvalue weighted by atomic mass is 32.2. The lowest BCUT2D eigenvalue weighted by atomic mass is 10.2. The zero-order chi connectivity index (χ0) is 19.6. The van der Waals surface area contributed by atoms with Crippen LogP contribution in [0.3, 0.4) is 0 Å². The average Bonchev–Trinajstić information content (AvgIpc) is 3.36. The van der Waals surface area contributed by atoms with Gasteiger partial charge in [0.15, 0.2) is 0 Å². The number of para-hydroxylation sites is 1. The molecule has 2 aromatic heterocycles. The predicted molar refractivity (Wildman–Crippen MR) is 104 cm³/mol. The number of benzene rings is 2. The third kappa shape index (κ3) is 3.67. The maximum absolute atomic E-state index is 13.3. The Morgan fingerprint density at radius 2 is 1.68 bits per heavy atom. The van der Waals surface area contributed by atoms with Crippen LogP contribution in [-0.4, -0.2) is 19.8 Å². The first-order valence-electron chi connectivity index (χ1n) is 8.70. The zero-order valence-electron chi connectivity index (χ0n) is 15.2. The van der Waals surface area contributed by atoms with Crippen molar-refractivity contribution in [3.05, 3.63) is 84.5 Å². The molecule has 2 aromatic carbocycles. The summed E-state index contributed by atoms with van der Waals surface area (Å²) in [6, 6.07) is 19.2. The minimum atomic E-state index is -3.78. The Morgan fingerprint density at radius 1 is 0.929 bits per heavy atom. The van der Waals surface area contributed by atoms with Gasteiger partial charge in [-0.15, -0.1) is 0 Å². The van der Waals surface area contributed by atoms with Gasteiger partial charge in [0.25, 0.3) is 0 Å². The van der Waals surface area contributed by atoms with E-state index in [4.69, 9.17) is 13.6 Å². The molecular formula is C21H19NO5S. The van der Waals surface area contributed by atoms with Gasteiger partial charge in [0.05, 0.1) is 31.4 Å². The topological polar surface area (TPSA) is 72.9 Å². The van der Waals surface area contributed by atoms with Gasteiger partial charge in [-0.1, -0.05) is 18.2 Å². The third-order valence-corrected chi connectivity index (χ3v) is 6.22. The van der Waals surface area contributed by atoms with E-state index in [0.717, 1.165) is 11.0 Å². The molecule has 0 aliphatic heterocycles. The van der Waals surface area contributed by atoms with Crippen LogP contribution in [0.25, 0.3) is 11.0 Å². The molecule has 144 valence electrons. The van der Waals surface area contributed by atoms with Crippen molar-refractivity contribution in [2.75, 3.05) is 7.11 Å². The molecular weight excluding hydrogens is 378 g/mol. The number of furan rings is 2. The first kappa shape index (κ1) is 18.3. The molecule has 0 bridgehead atoms. The second-order valence-electron chi connectivity index (χ2n) is 6.28. The molecule has 0 amide bonds.